The van der Waals surface area contributed by atoms with Gasteiger partial charge in [0, 0.05) is 11.9 Å². The van der Waals surface area contributed by atoms with Crippen molar-refractivity contribution in [3.8, 4) is 0 Å². The Bertz CT molecular complexity index is 114. The average Bonchev–Trinajstić information content (AvgIpc) is 1.82. The molecular weight excluding hydrogens is 112 g/mol. The van der Waals surface area contributed by atoms with Gasteiger partial charge in [-0.15, -0.1) is 0 Å². The summed E-state index contributed by atoms with van der Waals surface area (Å²) in [5, 5.41) is 3.82. The first-order chi connectivity index (χ1) is 4.18. The molecule has 9 heavy (non-hydrogen) atoms. The lowest BCUT2D eigenvalue weighted by Gasteiger charge is -2.06. The zero-order chi connectivity index (χ0) is 7.28. The summed E-state index contributed by atoms with van der Waals surface area (Å²) in [7, 11) is 0. The predicted molar refractivity (Wildman–Crippen MR) is 41.3 cm³/mol. The summed E-state index contributed by atoms with van der Waals surface area (Å²) >= 11 is 0. The van der Waals surface area contributed by atoms with Crippen molar-refractivity contribution in [2.24, 2.45) is 11.0 Å². The van der Waals surface area contributed by atoms with Gasteiger partial charge in [0.25, 0.3) is 0 Å². The van der Waals surface area contributed by atoms with Crippen LogP contribution < -0.4 is 5.43 Å². The van der Waals surface area contributed by atoms with Crippen LogP contribution in [0, 0.1) is 5.92 Å². The highest BCUT2D eigenvalue weighted by atomic mass is 15.3. The minimum Gasteiger partial charge on any atom is -0.283 e. The molecule has 0 amide bonds. The van der Waals surface area contributed by atoms with Gasteiger partial charge in [0.15, 0.2) is 0 Å². The van der Waals surface area contributed by atoms with Gasteiger partial charge in [-0.1, -0.05) is 20.4 Å². The minimum absolute atomic E-state index is 0.452. The normalized spacial score (nSPS) is 10.7. The van der Waals surface area contributed by atoms with E-state index >= 15 is 0 Å². The molecule has 0 aliphatic heterocycles. The predicted octanol–water partition coefficient (Wildman–Crippen LogP) is 1.75. The van der Waals surface area contributed by atoms with Crippen molar-refractivity contribution in [2.75, 3.05) is 0 Å². The molecule has 2 nitrogen and oxygen atoms in total. The summed E-state index contributed by atoms with van der Waals surface area (Å²) in [5.41, 5.74) is 3.76. The lowest BCUT2D eigenvalue weighted by Crippen LogP contribution is -2.08. The summed E-state index contributed by atoms with van der Waals surface area (Å²) in [4.78, 5) is 0. The summed E-state index contributed by atoms with van der Waals surface area (Å²) < 4.78 is 0. The summed E-state index contributed by atoms with van der Waals surface area (Å²) in [6.45, 7) is 9.77. The van der Waals surface area contributed by atoms with Crippen LogP contribution >= 0.6 is 0 Å². The third-order valence-electron chi connectivity index (χ3n) is 1.03. The highest BCUT2D eigenvalue weighted by molar-refractivity contribution is 5.52. The van der Waals surface area contributed by atoms with E-state index in [1.165, 1.54) is 0 Å². The molecule has 0 aromatic rings. The maximum atomic E-state index is 3.82. The van der Waals surface area contributed by atoms with Crippen LogP contribution in [0.5, 0.6) is 0 Å². The molecule has 2 heteroatoms. The molecular formula is C7H14N2. The molecule has 0 bridgehead atoms. The lowest BCUT2D eigenvalue weighted by molar-refractivity contribution is 0.679. The Labute approximate surface area is 56.7 Å². The fourth-order valence-corrected chi connectivity index (χ4v) is 0.277. The van der Waals surface area contributed by atoms with Gasteiger partial charge in [0.2, 0.25) is 0 Å². The third-order valence-corrected chi connectivity index (χ3v) is 1.03. The number of hydrogen-bond donors (Lipinski definition) is 1. The molecule has 1 N–H and O–H groups in total. The Kier molecular flexibility index (Phi) is 3.76. The number of hydrogen-bond acceptors (Lipinski definition) is 2. The van der Waals surface area contributed by atoms with E-state index in [1.54, 1.807) is 6.21 Å². The van der Waals surface area contributed by atoms with E-state index in [0.717, 1.165) is 5.70 Å². The maximum Gasteiger partial charge on any atom is 0.0289 e. The van der Waals surface area contributed by atoms with Gasteiger partial charge in [0.1, 0.15) is 0 Å². The van der Waals surface area contributed by atoms with E-state index in [4.69, 9.17) is 0 Å². The van der Waals surface area contributed by atoms with Crippen LogP contribution in [0.15, 0.2) is 17.4 Å². The summed E-state index contributed by atoms with van der Waals surface area (Å²) in [6.07, 6.45) is 1.70. The van der Waals surface area contributed by atoms with Crippen molar-refractivity contribution in [3.05, 3.63) is 12.3 Å². The molecule has 0 rings (SSSR count). The van der Waals surface area contributed by atoms with Gasteiger partial charge in [-0.25, -0.2) is 0 Å². The molecule has 0 unspecified atom stereocenters. The second-order valence-corrected chi connectivity index (χ2v) is 2.18. The topological polar surface area (TPSA) is 24.4 Å². The van der Waals surface area contributed by atoms with E-state index in [9.17, 15) is 0 Å². The Morgan fingerprint density at radius 3 is 2.56 bits per heavy atom. The van der Waals surface area contributed by atoms with Crippen molar-refractivity contribution < 1.29 is 0 Å². The molecule has 0 saturated heterocycles. The highest BCUT2D eigenvalue weighted by Gasteiger charge is 1.94. The Hall–Kier alpha value is -0.790. The van der Waals surface area contributed by atoms with Crippen molar-refractivity contribution in [1.29, 1.82) is 0 Å². The molecule has 0 atom stereocenters. The highest BCUT2D eigenvalue weighted by Crippen LogP contribution is 2.00. The second-order valence-electron chi connectivity index (χ2n) is 2.18. The van der Waals surface area contributed by atoms with Gasteiger partial charge in [-0.2, -0.15) is 5.10 Å². The fourth-order valence-electron chi connectivity index (χ4n) is 0.277. The molecule has 0 fully saturated rings. The van der Waals surface area contributed by atoms with E-state index in [1.807, 2.05) is 6.92 Å². The number of allylic oxidation sites excluding steroid dienone is 1. The first-order valence-corrected chi connectivity index (χ1v) is 3.11. The van der Waals surface area contributed by atoms with E-state index in [2.05, 4.69) is 31.0 Å². The monoisotopic (exact) mass is 126 g/mol. The standard InChI is InChI=1S/C7H14N2/c1-5-8-9-7(4)6(2)3/h5-6,9H,4H2,1-3H3/b8-5-. The number of nitrogens with zero attached hydrogens (tertiary/aromatic N) is 1. The van der Waals surface area contributed by atoms with Crippen LogP contribution in [-0.2, 0) is 0 Å². The van der Waals surface area contributed by atoms with Gasteiger partial charge >= 0.3 is 0 Å². The fraction of sp³-hybridized carbons (Fsp3) is 0.571. The van der Waals surface area contributed by atoms with Gasteiger partial charge in [-0.3, -0.25) is 5.43 Å². The smallest absolute Gasteiger partial charge is 0.0289 e. The van der Waals surface area contributed by atoms with Gasteiger partial charge in [-0.05, 0) is 12.8 Å². The quantitative estimate of drug-likeness (QED) is 0.452. The maximum absolute atomic E-state index is 3.82. The second kappa shape index (κ2) is 4.13. The van der Waals surface area contributed by atoms with E-state index in [0.29, 0.717) is 5.92 Å². The molecule has 0 aromatic carbocycles. The minimum atomic E-state index is 0.452. The molecule has 0 aromatic heterocycles. The van der Waals surface area contributed by atoms with Crippen molar-refractivity contribution in [1.82, 2.24) is 5.43 Å². The first kappa shape index (κ1) is 8.21. The van der Waals surface area contributed by atoms with Crippen LogP contribution in [0.3, 0.4) is 0 Å². The third kappa shape index (κ3) is 3.76. The Morgan fingerprint density at radius 2 is 2.22 bits per heavy atom. The van der Waals surface area contributed by atoms with Crippen molar-refractivity contribution in [3.63, 3.8) is 0 Å². The van der Waals surface area contributed by atoms with Crippen LogP contribution in [-0.4, -0.2) is 6.21 Å². The SMILES string of the molecule is C=C(N/N=C\C)C(C)C. The van der Waals surface area contributed by atoms with Gasteiger partial charge in [0.05, 0.1) is 0 Å². The molecule has 0 saturated carbocycles. The molecule has 0 aliphatic rings. The molecule has 0 heterocycles. The first-order valence-electron chi connectivity index (χ1n) is 3.11. The number of nitrogens with one attached hydrogen (secondary N) is 1. The van der Waals surface area contributed by atoms with Crippen LogP contribution in [0.1, 0.15) is 20.8 Å². The molecule has 0 aliphatic carbocycles. The van der Waals surface area contributed by atoms with Crippen LogP contribution in [0.25, 0.3) is 0 Å². The van der Waals surface area contributed by atoms with Crippen LogP contribution in [0.2, 0.25) is 0 Å². The molecule has 0 spiro atoms. The lowest BCUT2D eigenvalue weighted by atomic mass is 10.2. The van der Waals surface area contributed by atoms with Crippen molar-refractivity contribution >= 4 is 6.21 Å². The van der Waals surface area contributed by atoms with Crippen molar-refractivity contribution in [2.45, 2.75) is 20.8 Å². The largest absolute Gasteiger partial charge is 0.283 e. The summed E-state index contributed by atoms with van der Waals surface area (Å²) in [6, 6.07) is 0. The Balaban J connectivity index is 3.51. The Morgan fingerprint density at radius 1 is 1.67 bits per heavy atom. The van der Waals surface area contributed by atoms with E-state index in [-0.39, 0.29) is 0 Å². The van der Waals surface area contributed by atoms with Gasteiger partial charge < -0.3 is 0 Å². The zero-order valence-electron chi connectivity index (χ0n) is 6.31. The van der Waals surface area contributed by atoms with Crippen LogP contribution in [0.4, 0.5) is 0 Å². The molecule has 0 radical (unpaired) electrons. The summed E-state index contributed by atoms with van der Waals surface area (Å²) in [5.74, 6) is 0.452. The zero-order valence-corrected chi connectivity index (χ0v) is 6.31. The number of rotatable bonds is 3. The molecule has 52 valence electrons. The number of hydrazone groups is 1. The average molecular weight is 126 g/mol. The van der Waals surface area contributed by atoms with E-state index < -0.39 is 0 Å².